The second-order valence-corrected chi connectivity index (χ2v) is 5.38. The van der Waals surface area contributed by atoms with Gasteiger partial charge >= 0.3 is 5.97 Å². The molecule has 0 heterocycles. The van der Waals surface area contributed by atoms with Gasteiger partial charge in [0.2, 0.25) is 0 Å². The van der Waals surface area contributed by atoms with Crippen LogP contribution < -0.4 is 5.32 Å². The molecule has 2 fully saturated rings. The van der Waals surface area contributed by atoms with Gasteiger partial charge in [-0.3, -0.25) is 4.79 Å². The number of carbonyl (C=O) groups excluding carboxylic acids is 1. The van der Waals surface area contributed by atoms with E-state index in [1.807, 2.05) is 0 Å². The number of carbonyl (C=O) groups is 1. The minimum Gasteiger partial charge on any atom is -0.469 e. The standard InChI is InChI=1S/C13H23NO2/c1-9(10-6-7-10)14-12-5-3-4-11(8-12)13(15)16-2/h9-12,14H,3-8H2,1-2H3. The van der Waals surface area contributed by atoms with Gasteiger partial charge in [0.25, 0.3) is 0 Å². The average molecular weight is 225 g/mol. The molecule has 16 heavy (non-hydrogen) atoms. The Morgan fingerprint density at radius 1 is 1.31 bits per heavy atom. The zero-order chi connectivity index (χ0) is 11.5. The molecule has 0 aromatic carbocycles. The number of nitrogens with one attached hydrogen (secondary N) is 1. The number of methoxy groups -OCH3 is 1. The van der Waals surface area contributed by atoms with E-state index >= 15 is 0 Å². The van der Waals surface area contributed by atoms with Crippen molar-refractivity contribution in [3.8, 4) is 0 Å². The molecule has 2 rings (SSSR count). The molecule has 0 amide bonds. The van der Waals surface area contributed by atoms with Crippen LogP contribution in [0, 0.1) is 11.8 Å². The van der Waals surface area contributed by atoms with Crippen molar-refractivity contribution in [1.82, 2.24) is 5.32 Å². The molecule has 3 heteroatoms. The van der Waals surface area contributed by atoms with Crippen LogP contribution >= 0.6 is 0 Å². The Labute approximate surface area is 97.9 Å². The summed E-state index contributed by atoms with van der Waals surface area (Å²) in [6, 6.07) is 1.15. The molecule has 0 aromatic heterocycles. The van der Waals surface area contributed by atoms with Gasteiger partial charge in [-0.05, 0) is 44.9 Å². The van der Waals surface area contributed by atoms with Crippen LogP contribution in [0.2, 0.25) is 0 Å². The average Bonchev–Trinajstić information content (AvgIpc) is 3.12. The summed E-state index contributed by atoms with van der Waals surface area (Å²) in [5, 5.41) is 3.68. The quantitative estimate of drug-likeness (QED) is 0.745. The van der Waals surface area contributed by atoms with Crippen LogP contribution in [0.1, 0.15) is 45.4 Å². The molecule has 2 saturated carbocycles. The minimum absolute atomic E-state index is 0.0226. The second kappa shape index (κ2) is 5.17. The minimum atomic E-state index is -0.0226. The second-order valence-electron chi connectivity index (χ2n) is 5.38. The third-order valence-corrected chi connectivity index (χ3v) is 4.04. The van der Waals surface area contributed by atoms with Crippen molar-refractivity contribution < 1.29 is 9.53 Å². The highest BCUT2D eigenvalue weighted by atomic mass is 16.5. The molecule has 3 unspecified atom stereocenters. The summed E-state index contributed by atoms with van der Waals surface area (Å²) >= 11 is 0. The summed E-state index contributed by atoms with van der Waals surface area (Å²) in [7, 11) is 1.49. The fraction of sp³-hybridized carbons (Fsp3) is 0.923. The first-order valence-electron chi connectivity index (χ1n) is 6.54. The van der Waals surface area contributed by atoms with Gasteiger partial charge in [0, 0.05) is 12.1 Å². The molecule has 0 saturated heterocycles. The maximum atomic E-state index is 11.5. The van der Waals surface area contributed by atoms with Crippen LogP contribution in [0.3, 0.4) is 0 Å². The first-order valence-corrected chi connectivity index (χ1v) is 6.54. The molecule has 0 radical (unpaired) electrons. The highest BCUT2D eigenvalue weighted by Crippen LogP contribution is 2.34. The smallest absolute Gasteiger partial charge is 0.308 e. The van der Waals surface area contributed by atoms with Crippen molar-refractivity contribution in [2.24, 2.45) is 11.8 Å². The maximum absolute atomic E-state index is 11.5. The van der Waals surface area contributed by atoms with E-state index in [0.29, 0.717) is 12.1 Å². The summed E-state index contributed by atoms with van der Waals surface area (Å²) in [4.78, 5) is 11.5. The Kier molecular flexibility index (Phi) is 3.85. The Morgan fingerprint density at radius 2 is 2.06 bits per heavy atom. The van der Waals surface area contributed by atoms with E-state index in [4.69, 9.17) is 4.74 Å². The summed E-state index contributed by atoms with van der Waals surface area (Å²) in [6.07, 6.45) is 7.08. The van der Waals surface area contributed by atoms with Crippen molar-refractivity contribution >= 4 is 5.97 Å². The molecule has 92 valence electrons. The molecule has 3 atom stereocenters. The van der Waals surface area contributed by atoms with Crippen LogP contribution in [-0.4, -0.2) is 25.2 Å². The highest BCUT2D eigenvalue weighted by molar-refractivity contribution is 5.72. The van der Waals surface area contributed by atoms with Crippen molar-refractivity contribution in [2.75, 3.05) is 7.11 Å². The van der Waals surface area contributed by atoms with E-state index in [9.17, 15) is 4.79 Å². The topological polar surface area (TPSA) is 38.3 Å². The first kappa shape index (κ1) is 11.9. The van der Waals surface area contributed by atoms with Crippen LogP contribution in [0.5, 0.6) is 0 Å². The Bertz CT molecular complexity index is 250. The lowest BCUT2D eigenvalue weighted by Crippen LogP contribution is -2.42. The Balaban J connectivity index is 1.79. The maximum Gasteiger partial charge on any atom is 0.308 e. The zero-order valence-corrected chi connectivity index (χ0v) is 10.4. The van der Waals surface area contributed by atoms with Gasteiger partial charge in [0.1, 0.15) is 0 Å². The van der Waals surface area contributed by atoms with Crippen LogP contribution in [0.15, 0.2) is 0 Å². The third kappa shape index (κ3) is 2.97. The van der Waals surface area contributed by atoms with Crippen LogP contribution in [0.4, 0.5) is 0 Å². The van der Waals surface area contributed by atoms with E-state index in [-0.39, 0.29) is 11.9 Å². The lowest BCUT2D eigenvalue weighted by Gasteiger charge is -2.30. The Morgan fingerprint density at radius 3 is 2.69 bits per heavy atom. The largest absolute Gasteiger partial charge is 0.469 e. The molecular weight excluding hydrogens is 202 g/mol. The summed E-state index contributed by atoms with van der Waals surface area (Å²) in [5.41, 5.74) is 0. The summed E-state index contributed by atoms with van der Waals surface area (Å²) in [6.45, 7) is 2.28. The normalized spacial score (nSPS) is 32.1. The summed E-state index contributed by atoms with van der Waals surface area (Å²) < 4.78 is 4.84. The predicted octanol–water partition coefficient (Wildman–Crippen LogP) is 2.11. The number of ether oxygens (including phenoxy) is 1. The molecule has 1 N–H and O–H groups in total. The van der Waals surface area contributed by atoms with Gasteiger partial charge in [-0.15, -0.1) is 0 Å². The van der Waals surface area contributed by atoms with Gasteiger partial charge in [-0.2, -0.15) is 0 Å². The molecule has 0 spiro atoms. The van der Waals surface area contributed by atoms with Crippen LogP contribution in [-0.2, 0) is 9.53 Å². The van der Waals surface area contributed by atoms with Crippen molar-refractivity contribution in [3.05, 3.63) is 0 Å². The van der Waals surface area contributed by atoms with Crippen LogP contribution in [0.25, 0.3) is 0 Å². The van der Waals surface area contributed by atoms with Gasteiger partial charge in [-0.1, -0.05) is 6.42 Å². The number of esters is 1. The van der Waals surface area contributed by atoms with Gasteiger partial charge in [0.05, 0.1) is 13.0 Å². The van der Waals surface area contributed by atoms with E-state index < -0.39 is 0 Å². The lowest BCUT2D eigenvalue weighted by atomic mass is 9.85. The van der Waals surface area contributed by atoms with E-state index in [1.54, 1.807) is 0 Å². The van der Waals surface area contributed by atoms with Gasteiger partial charge in [0.15, 0.2) is 0 Å². The monoisotopic (exact) mass is 225 g/mol. The molecule has 2 aliphatic rings. The van der Waals surface area contributed by atoms with Gasteiger partial charge in [-0.25, -0.2) is 0 Å². The fourth-order valence-corrected chi connectivity index (χ4v) is 2.83. The van der Waals surface area contributed by atoms with E-state index in [0.717, 1.165) is 25.2 Å². The summed E-state index contributed by atoms with van der Waals surface area (Å²) in [5.74, 6) is 0.992. The van der Waals surface area contributed by atoms with Crippen molar-refractivity contribution in [2.45, 2.75) is 57.5 Å². The number of rotatable bonds is 4. The van der Waals surface area contributed by atoms with E-state index in [2.05, 4.69) is 12.2 Å². The van der Waals surface area contributed by atoms with Gasteiger partial charge < -0.3 is 10.1 Å². The molecule has 3 nitrogen and oxygen atoms in total. The number of hydrogen-bond donors (Lipinski definition) is 1. The number of hydrogen-bond acceptors (Lipinski definition) is 3. The molecule has 0 aromatic rings. The Hall–Kier alpha value is -0.570. The highest BCUT2D eigenvalue weighted by Gasteiger charge is 2.32. The third-order valence-electron chi connectivity index (χ3n) is 4.04. The van der Waals surface area contributed by atoms with Crippen molar-refractivity contribution in [3.63, 3.8) is 0 Å². The fourth-order valence-electron chi connectivity index (χ4n) is 2.83. The molecule has 2 aliphatic carbocycles. The van der Waals surface area contributed by atoms with E-state index in [1.165, 1.54) is 26.4 Å². The molecule has 0 aliphatic heterocycles. The molecular formula is C13H23NO2. The predicted molar refractivity (Wildman–Crippen MR) is 63.1 cm³/mol. The molecule has 0 bridgehead atoms. The lowest BCUT2D eigenvalue weighted by molar-refractivity contribution is -0.146. The first-order chi connectivity index (χ1) is 7.70. The van der Waals surface area contributed by atoms with Crippen molar-refractivity contribution in [1.29, 1.82) is 0 Å². The zero-order valence-electron chi connectivity index (χ0n) is 10.4. The SMILES string of the molecule is COC(=O)C1CCCC(NC(C)C2CC2)C1.